The Bertz CT molecular complexity index is 1490. The highest BCUT2D eigenvalue weighted by molar-refractivity contribution is 6.36. The molecule has 182 valence electrons. The number of carbonyl (C=O) groups excluding carboxylic acids is 2. The van der Waals surface area contributed by atoms with E-state index in [0.717, 1.165) is 10.8 Å². The topological polar surface area (TPSA) is 97.2 Å². The van der Waals surface area contributed by atoms with Crippen LogP contribution < -0.4 is 14.9 Å². The number of hydrogen-bond acceptors (Lipinski definition) is 6. The number of ether oxygens (including phenoxy) is 2. The van der Waals surface area contributed by atoms with Crippen LogP contribution in [-0.4, -0.2) is 29.8 Å². The first-order valence-electron chi connectivity index (χ1n) is 10.8. The average Bonchev–Trinajstić information content (AvgIpc) is 2.85. The van der Waals surface area contributed by atoms with Crippen molar-refractivity contribution < 1.29 is 24.2 Å². The van der Waals surface area contributed by atoms with Crippen LogP contribution in [0, 0.1) is 0 Å². The van der Waals surface area contributed by atoms with Gasteiger partial charge in [-0.15, -0.1) is 0 Å². The number of aromatic hydroxyl groups is 1. The number of rotatable bonds is 7. The van der Waals surface area contributed by atoms with Gasteiger partial charge in [0, 0.05) is 5.02 Å². The molecule has 0 radical (unpaired) electrons. The molecule has 4 aromatic carbocycles. The quantitative estimate of drug-likeness (QED) is 0.130. The average molecular weight is 523 g/mol. The number of benzene rings is 4. The third-order valence-corrected chi connectivity index (χ3v) is 5.66. The van der Waals surface area contributed by atoms with Gasteiger partial charge in [0.15, 0.2) is 11.5 Å². The minimum Gasteiger partial charge on any atom is -0.507 e. The van der Waals surface area contributed by atoms with Crippen LogP contribution in [0.2, 0.25) is 10.0 Å². The summed E-state index contributed by atoms with van der Waals surface area (Å²) in [6, 6.07) is 19.8. The number of phenolic OH excluding ortho intramolecular Hbond substituents is 1. The van der Waals surface area contributed by atoms with Gasteiger partial charge < -0.3 is 14.6 Å². The number of amides is 1. The second kappa shape index (κ2) is 11.1. The fourth-order valence-corrected chi connectivity index (χ4v) is 3.89. The van der Waals surface area contributed by atoms with Crippen LogP contribution in [0.25, 0.3) is 10.8 Å². The molecule has 0 fully saturated rings. The van der Waals surface area contributed by atoms with Crippen molar-refractivity contribution in [1.82, 2.24) is 5.43 Å². The molecule has 0 atom stereocenters. The maximum Gasteiger partial charge on any atom is 0.345 e. The van der Waals surface area contributed by atoms with Crippen molar-refractivity contribution in [1.29, 1.82) is 0 Å². The van der Waals surface area contributed by atoms with E-state index in [2.05, 4.69) is 10.5 Å². The summed E-state index contributed by atoms with van der Waals surface area (Å²) in [7, 11) is 0. The van der Waals surface area contributed by atoms with Gasteiger partial charge in [-0.25, -0.2) is 10.2 Å². The van der Waals surface area contributed by atoms with Gasteiger partial charge in [-0.2, -0.15) is 5.10 Å². The molecular formula is C27H20Cl2N2O5. The third kappa shape index (κ3) is 5.76. The lowest BCUT2D eigenvalue weighted by Gasteiger charge is -2.12. The number of nitrogens with one attached hydrogen (secondary N) is 1. The molecule has 4 rings (SSSR count). The third-order valence-electron chi connectivity index (χ3n) is 5.11. The monoisotopic (exact) mass is 522 g/mol. The van der Waals surface area contributed by atoms with E-state index in [9.17, 15) is 14.7 Å². The van der Waals surface area contributed by atoms with Gasteiger partial charge in [-0.05, 0) is 71.8 Å². The minimum atomic E-state index is -0.665. The van der Waals surface area contributed by atoms with Crippen LogP contribution in [0.5, 0.6) is 17.2 Å². The standard InChI is InChI=1S/C27H20Cl2N2O5/c1-2-35-25-11-16(7-10-24(25)36-27(34)20-9-8-19(28)14-22(20)29)15-30-31-26(33)21-12-17-5-3-4-6-18(17)13-23(21)32/h3-15,32H,2H2,1H3,(H,31,33)/b30-15+. The largest absolute Gasteiger partial charge is 0.507 e. The summed E-state index contributed by atoms with van der Waals surface area (Å²) in [5.41, 5.74) is 3.24. The van der Waals surface area contributed by atoms with Crippen molar-refractivity contribution in [3.63, 3.8) is 0 Å². The lowest BCUT2D eigenvalue weighted by atomic mass is 10.1. The van der Waals surface area contributed by atoms with Gasteiger partial charge in [0.2, 0.25) is 0 Å². The second-order valence-corrected chi connectivity index (χ2v) is 8.41. The van der Waals surface area contributed by atoms with Gasteiger partial charge in [-0.1, -0.05) is 47.5 Å². The maximum atomic E-state index is 12.6. The molecule has 0 bridgehead atoms. The molecular weight excluding hydrogens is 503 g/mol. The summed E-state index contributed by atoms with van der Waals surface area (Å²) in [6.45, 7) is 2.11. The summed E-state index contributed by atoms with van der Waals surface area (Å²) in [5, 5.41) is 16.4. The predicted molar refractivity (Wildman–Crippen MR) is 140 cm³/mol. The highest BCUT2D eigenvalue weighted by atomic mass is 35.5. The van der Waals surface area contributed by atoms with Crippen molar-refractivity contribution in [2.24, 2.45) is 5.10 Å². The molecule has 0 saturated carbocycles. The molecule has 0 heterocycles. The predicted octanol–water partition coefficient (Wildman–Crippen LogP) is 6.23. The molecule has 7 nitrogen and oxygen atoms in total. The zero-order chi connectivity index (χ0) is 25.7. The number of hydrogen-bond donors (Lipinski definition) is 2. The number of hydrazone groups is 1. The molecule has 0 saturated heterocycles. The van der Waals surface area contributed by atoms with Crippen LogP contribution in [0.4, 0.5) is 0 Å². The molecule has 0 unspecified atom stereocenters. The van der Waals surface area contributed by atoms with Crippen LogP contribution in [0.1, 0.15) is 33.2 Å². The first kappa shape index (κ1) is 25.0. The molecule has 0 spiro atoms. The fraction of sp³-hybridized carbons (Fsp3) is 0.0741. The lowest BCUT2D eigenvalue weighted by Crippen LogP contribution is -2.17. The van der Waals surface area contributed by atoms with Crippen LogP contribution in [0.3, 0.4) is 0 Å². The van der Waals surface area contributed by atoms with Crippen molar-refractivity contribution in [3.05, 3.63) is 99.5 Å². The van der Waals surface area contributed by atoms with Crippen molar-refractivity contribution in [2.75, 3.05) is 6.61 Å². The summed E-state index contributed by atoms with van der Waals surface area (Å²) < 4.78 is 11.1. The Balaban J connectivity index is 1.48. The Labute approximate surface area is 216 Å². The summed E-state index contributed by atoms with van der Waals surface area (Å²) in [6.07, 6.45) is 1.40. The molecule has 9 heteroatoms. The number of esters is 1. The first-order valence-corrected chi connectivity index (χ1v) is 11.6. The Morgan fingerprint density at radius 2 is 1.69 bits per heavy atom. The van der Waals surface area contributed by atoms with E-state index in [-0.39, 0.29) is 27.6 Å². The zero-order valence-corrected chi connectivity index (χ0v) is 20.5. The normalized spacial score (nSPS) is 11.0. The van der Waals surface area contributed by atoms with Crippen LogP contribution in [0.15, 0.2) is 77.9 Å². The van der Waals surface area contributed by atoms with E-state index < -0.39 is 11.9 Å². The SMILES string of the molecule is CCOc1cc(/C=N/NC(=O)c2cc3ccccc3cc2O)ccc1OC(=O)c1ccc(Cl)cc1Cl. The first-order chi connectivity index (χ1) is 17.4. The highest BCUT2D eigenvalue weighted by Crippen LogP contribution is 2.30. The minimum absolute atomic E-state index is 0.101. The lowest BCUT2D eigenvalue weighted by molar-refractivity contribution is 0.0728. The van der Waals surface area contributed by atoms with E-state index in [1.165, 1.54) is 24.4 Å². The number of halogens is 2. The Hall–Kier alpha value is -4.07. The van der Waals surface area contributed by atoms with Crippen molar-refractivity contribution in [3.8, 4) is 17.2 Å². The van der Waals surface area contributed by atoms with Gasteiger partial charge >= 0.3 is 5.97 Å². The van der Waals surface area contributed by atoms with Crippen LogP contribution >= 0.6 is 23.2 Å². The number of phenols is 1. The molecule has 36 heavy (non-hydrogen) atoms. The van der Waals surface area contributed by atoms with E-state index in [1.54, 1.807) is 37.3 Å². The summed E-state index contributed by atoms with van der Waals surface area (Å²) >= 11 is 12.0. The van der Waals surface area contributed by atoms with E-state index in [4.69, 9.17) is 32.7 Å². The van der Waals surface area contributed by atoms with E-state index >= 15 is 0 Å². The molecule has 4 aromatic rings. The zero-order valence-electron chi connectivity index (χ0n) is 19.0. The summed E-state index contributed by atoms with van der Waals surface area (Å²) in [4.78, 5) is 25.1. The van der Waals surface area contributed by atoms with Crippen LogP contribution in [-0.2, 0) is 0 Å². The molecule has 2 N–H and O–H groups in total. The Morgan fingerprint density at radius 3 is 2.42 bits per heavy atom. The van der Waals surface area contributed by atoms with Crippen molar-refractivity contribution in [2.45, 2.75) is 6.92 Å². The number of nitrogens with zero attached hydrogens (tertiary/aromatic N) is 1. The fourth-order valence-electron chi connectivity index (χ4n) is 3.40. The van der Waals surface area contributed by atoms with Gasteiger partial charge in [0.25, 0.3) is 5.91 Å². The van der Waals surface area contributed by atoms with E-state index in [1.807, 2.05) is 24.3 Å². The number of carbonyl (C=O) groups is 2. The molecule has 0 aliphatic heterocycles. The Kier molecular flexibility index (Phi) is 7.73. The summed E-state index contributed by atoms with van der Waals surface area (Å²) in [5.74, 6) is -0.882. The van der Waals surface area contributed by atoms with Crippen molar-refractivity contribution >= 4 is 52.1 Å². The number of fused-ring (bicyclic) bond motifs is 1. The van der Waals surface area contributed by atoms with Gasteiger partial charge in [-0.3, -0.25) is 4.79 Å². The highest BCUT2D eigenvalue weighted by Gasteiger charge is 2.17. The second-order valence-electron chi connectivity index (χ2n) is 7.57. The molecule has 0 aromatic heterocycles. The van der Waals surface area contributed by atoms with E-state index in [0.29, 0.717) is 22.9 Å². The maximum absolute atomic E-state index is 12.6. The van der Waals surface area contributed by atoms with Gasteiger partial charge in [0.05, 0.1) is 29.0 Å². The molecule has 0 aliphatic rings. The Morgan fingerprint density at radius 1 is 0.944 bits per heavy atom. The smallest absolute Gasteiger partial charge is 0.345 e. The van der Waals surface area contributed by atoms with Gasteiger partial charge in [0.1, 0.15) is 5.75 Å². The molecule has 0 aliphatic carbocycles. The molecule has 1 amide bonds.